The lowest BCUT2D eigenvalue weighted by atomic mass is 9.97. The molecule has 0 heterocycles. The molecule has 0 radical (unpaired) electrons. The number of rotatable bonds is 3. The molecular weight excluding hydrogens is 233 g/mol. The fraction of sp³-hybridized carbons (Fsp3) is 0.364. The van der Waals surface area contributed by atoms with E-state index in [9.17, 15) is 13.2 Å². The van der Waals surface area contributed by atoms with Crippen LogP contribution in [-0.2, 0) is 6.18 Å². The average Bonchev–Trinajstić information content (AvgIpc) is 2.27. The molecule has 0 aliphatic rings. The van der Waals surface area contributed by atoms with Gasteiger partial charge in [-0.1, -0.05) is 6.07 Å². The van der Waals surface area contributed by atoms with Gasteiger partial charge < -0.3 is 10.8 Å². The van der Waals surface area contributed by atoms with Gasteiger partial charge in [0, 0.05) is 12.6 Å². The minimum absolute atomic E-state index is 0.110. The summed E-state index contributed by atoms with van der Waals surface area (Å²) in [6.07, 6.45) is -4.29. The van der Waals surface area contributed by atoms with E-state index < -0.39 is 17.8 Å². The van der Waals surface area contributed by atoms with E-state index in [4.69, 9.17) is 16.1 Å². The summed E-state index contributed by atoms with van der Waals surface area (Å²) in [5.74, 6) is 0. The van der Waals surface area contributed by atoms with E-state index in [-0.39, 0.29) is 18.6 Å². The minimum atomic E-state index is -4.48. The Balaban J connectivity index is 3.16. The fourth-order valence-electron chi connectivity index (χ4n) is 1.45. The van der Waals surface area contributed by atoms with Gasteiger partial charge in [-0.05, 0) is 24.1 Å². The van der Waals surface area contributed by atoms with Crippen LogP contribution >= 0.6 is 0 Å². The molecule has 0 aromatic heterocycles. The Morgan fingerprint density at radius 2 is 2.06 bits per heavy atom. The van der Waals surface area contributed by atoms with Crippen molar-refractivity contribution in [1.29, 1.82) is 5.26 Å². The van der Waals surface area contributed by atoms with Crippen molar-refractivity contribution in [2.75, 3.05) is 6.61 Å². The van der Waals surface area contributed by atoms with E-state index in [1.54, 1.807) is 6.07 Å². The number of halogens is 3. The Kier molecular flexibility index (Phi) is 4.10. The monoisotopic (exact) mass is 244 g/mol. The highest BCUT2D eigenvalue weighted by atomic mass is 19.4. The molecular formula is C11H11F3N2O. The number of aliphatic hydroxyl groups is 1. The van der Waals surface area contributed by atoms with Crippen LogP contribution in [0.15, 0.2) is 18.2 Å². The molecule has 0 saturated heterocycles. The number of benzene rings is 1. The molecule has 3 N–H and O–H groups in total. The molecule has 6 heteroatoms. The third-order valence-corrected chi connectivity index (χ3v) is 2.34. The average molecular weight is 244 g/mol. The number of nitrogens with zero attached hydrogens (tertiary/aromatic N) is 1. The number of nitriles is 1. The van der Waals surface area contributed by atoms with E-state index >= 15 is 0 Å². The Labute approximate surface area is 96.3 Å². The second-order valence-corrected chi connectivity index (χ2v) is 3.53. The second kappa shape index (κ2) is 5.17. The van der Waals surface area contributed by atoms with Crippen molar-refractivity contribution in [2.45, 2.75) is 18.6 Å². The van der Waals surface area contributed by atoms with Gasteiger partial charge in [0.15, 0.2) is 0 Å². The Morgan fingerprint density at radius 1 is 1.41 bits per heavy atom. The molecule has 1 aromatic carbocycles. The van der Waals surface area contributed by atoms with Crippen LogP contribution in [0, 0.1) is 11.3 Å². The van der Waals surface area contributed by atoms with Gasteiger partial charge in [-0.3, -0.25) is 0 Å². The van der Waals surface area contributed by atoms with Crippen LogP contribution < -0.4 is 5.73 Å². The van der Waals surface area contributed by atoms with Gasteiger partial charge in [-0.2, -0.15) is 18.4 Å². The minimum Gasteiger partial charge on any atom is -0.396 e. The predicted molar refractivity (Wildman–Crippen MR) is 54.8 cm³/mol. The van der Waals surface area contributed by atoms with Crippen LogP contribution in [0.2, 0.25) is 0 Å². The number of hydrogen-bond donors (Lipinski definition) is 2. The molecule has 92 valence electrons. The van der Waals surface area contributed by atoms with Crippen LogP contribution in [0.4, 0.5) is 13.2 Å². The van der Waals surface area contributed by atoms with Crippen molar-refractivity contribution >= 4 is 0 Å². The molecule has 0 fully saturated rings. The van der Waals surface area contributed by atoms with Crippen LogP contribution in [-0.4, -0.2) is 11.7 Å². The Hall–Kier alpha value is -1.58. The van der Waals surface area contributed by atoms with E-state index in [2.05, 4.69) is 0 Å². The fourth-order valence-corrected chi connectivity index (χ4v) is 1.45. The highest BCUT2D eigenvalue weighted by Gasteiger charge is 2.31. The summed E-state index contributed by atoms with van der Waals surface area (Å²) in [7, 11) is 0. The normalized spacial score (nSPS) is 13.2. The molecule has 0 bridgehead atoms. The Bertz CT molecular complexity index is 437. The van der Waals surface area contributed by atoms with E-state index in [1.807, 2.05) is 0 Å². The SMILES string of the molecule is N#Cc1cc(C(F)(F)F)ccc1[C@H](N)CCO. The smallest absolute Gasteiger partial charge is 0.396 e. The summed E-state index contributed by atoms with van der Waals surface area (Å²) < 4.78 is 37.2. The molecule has 17 heavy (non-hydrogen) atoms. The number of alkyl halides is 3. The largest absolute Gasteiger partial charge is 0.416 e. The maximum Gasteiger partial charge on any atom is 0.416 e. The maximum absolute atomic E-state index is 12.4. The van der Waals surface area contributed by atoms with Crippen molar-refractivity contribution in [3.05, 3.63) is 34.9 Å². The van der Waals surface area contributed by atoms with Gasteiger partial charge in [0.25, 0.3) is 0 Å². The lowest BCUT2D eigenvalue weighted by molar-refractivity contribution is -0.137. The van der Waals surface area contributed by atoms with Crippen molar-refractivity contribution < 1.29 is 18.3 Å². The topological polar surface area (TPSA) is 70.0 Å². The number of nitrogens with two attached hydrogens (primary N) is 1. The standard InChI is InChI=1S/C11H11F3N2O/c12-11(13,14)8-1-2-9(7(5-8)6-15)10(16)3-4-17/h1-2,5,10,17H,3-4,16H2/t10-/m1/s1. The summed E-state index contributed by atoms with van der Waals surface area (Å²) in [4.78, 5) is 0. The van der Waals surface area contributed by atoms with Crippen LogP contribution in [0.25, 0.3) is 0 Å². The highest BCUT2D eigenvalue weighted by molar-refractivity contribution is 5.43. The molecule has 0 unspecified atom stereocenters. The first-order chi connectivity index (χ1) is 7.90. The quantitative estimate of drug-likeness (QED) is 0.853. The summed E-state index contributed by atoms with van der Waals surface area (Å²) in [6, 6.07) is 3.88. The Morgan fingerprint density at radius 3 is 2.53 bits per heavy atom. The zero-order valence-electron chi connectivity index (χ0n) is 8.83. The van der Waals surface area contributed by atoms with E-state index in [0.29, 0.717) is 5.56 Å². The first-order valence-corrected chi connectivity index (χ1v) is 4.88. The molecule has 3 nitrogen and oxygen atoms in total. The molecule has 0 amide bonds. The summed E-state index contributed by atoms with van der Waals surface area (Å²) in [5, 5.41) is 17.5. The predicted octanol–water partition coefficient (Wildman–Crippen LogP) is 1.96. The first-order valence-electron chi connectivity index (χ1n) is 4.88. The van der Waals surface area contributed by atoms with Crippen molar-refractivity contribution in [3.63, 3.8) is 0 Å². The zero-order valence-corrected chi connectivity index (χ0v) is 8.83. The van der Waals surface area contributed by atoms with Gasteiger partial charge in [0.1, 0.15) is 0 Å². The van der Waals surface area contributed by atoms with Crippen molar-refractivity contribution in [3.8, 4) is 6.07 Å². The number of aliphatic hydroxyl groups excluding tert-OH is 1. The molecule has 0 saturated carbocycles. The molecule has 0 aliphatic carbocycles. The highest BCUT2D eigenvalue weighted by Crippen LogP contribution is 2.31. The second-order valence-electron chi connectivity index (χ2n) is 3.53. The van der Waals surface area contributed by atoms with Gasteiger partial charge in [-0.25, -0.2) is 0 Å². The van der Waals surface area contributed by atoms with E-state index in [0.717, 1.165) is 12.1 Å². The van der Waals surface area contributed by atoms with Crippen LogP contribution in [0.3, 0.4) is 0 Å². The van der Waals surface area contributed by atoms with Gasteiger partial charge in [-0.15, -0.1) is 0 Å². The third-order valence-electron chi connectivity index (χ3n) is 2.34. The lowest BCUT2D eigenvalue weighted by Gasteiger charge is -2.14. The summed E-state index contributed by atoms with van der Waals surface area (Å²) >= 11 is 0. The van der Waals surface area contributed by atoms with Crippen LogP contribution in [0.5, 0.6) is 0 Å². The third kappa shape index (κ3) is 3.19. The molecule has 1 atom stereocenters. The maximum atomic E-state index is 12.4. The zero-order chi connectivity index (χ0) is 13.1. The number of hydrogen-bond acceptors (Lipinski definition) is 3. The first kappa shape index (κ1) is 13.5. The van der Waals surface area contributed by atoms with Crippen LogP contribution in [0.1, 0.15) is 29.2 Å². The molecule has 1 rings (SSSR count). The molecule has 1 aromatic rings. The van der Waals surface area contributed by atoms with Gasteiger partial charge >= 0.3 is 6.18 Å². The summed E-state index contributed by atoms with van der Waals surface area (Å²) in [5.41, 5.74) is 4.97. The van der Waals surface area contributed by atoms with Crippen molar-refractivity contribution in [2.24, 2.45) is 5.73 Å². The van der Waals surface area contributed by atoms with E-state index in [1.165, 1.54) is 6.07 Å². The summed E-state index contributed by atoms with van der Waals surface area (Å²) in [6.45, 7) is -0.187. The van der Waals surface area contributed by atoms with Crippen molar-refractivity contribution in [1.82, 2.24) is 0 Å². The van der Waals surface area contributed by atoms with Gasteiger partial charge in [0.05, 0.1) is 17.2 Å². The van der Waals surface area contributed by atoms with Gasteiger partial charge in [0.2, 0.25) is 0 Å². The molecule has 0 spiro atoms. The molecule has 0 aliphatic heterocycles. The lowest BCUT2D eigenvalue weighted by Crippen LogP contribution is -2.15.